The minimum Gasteiger partial charge on any atom is -0.459 e. The van der Waals surface area contributed by atoms with Crippen LogP contribution in [-0.2, 0) is 9.53 Å². The molecule has 0 heterocycles. The van der Waals surface area contributed by atoms with E-state index in [0.717, 1.165) is 6.07 Å². The minimum absolute atomic E-state index is 0.0865. The first kappa shape index (κ1) is 17.6. The highest BCUT2D eigenvalue weighted by Crippen LogP contribution is 2.23. The van der Waals surface area contributed by atoms with Crippen molar-refractivity contribution in [3.8, 4) is 0 Å². The molecule has 7 heteroatoms. The van der Waals surface area contributed by atoms with Gasteiger partial charge in [-0.2, -0.15) is 0 Å². The quantitative estimate of drug-likeness (QED) is 0.365. The van der Waals surface area contributed by atoms with E-state index in [1.54, 1.807) is 27.8 Å². The summed E-state index contributed by atoms with van der Waals surface area (Å²) in [7, 11) is 1.55. The first-order chi connectivity index (χ1) is 10.3. The number of esters is 1. The van der Waals surface area contributed by atoms with Gasteiger partial charge in [0.15, 0.2) is 6.29 Å². The fourth-order valence-corrected chi connectivity index (χ4v) is 1.63. The molecular formula is C15H20FN3O3. The average molecular weight is 309 g/mol. The summed E-state index contributed by atoms with van der Waals surface area (Å²) in [5, 5.41) is 5.42. The van der Waals surface area contributed by atoms with Crippen molar-refractivity contribution in [1.29, 1.82) is 0 Å². The lowest BCUT2D eigenvalue weighted by Crippen LogP contribution is -2.28. The van der Waals surface area contributed by atoms with Gasteiger partial charge in [-0.05, 0) is 32.9 Å². The zero-order chi connectivity index (χ0) is 16.8. The van der Waals surface area contributed by atoms with Gasteiger partial charge in [-0.3, -0.25) is 14.6 Å². The first-order valence-electron chi connectivity index (χ1n) is 6.68. The third-order valence-electron chi connectivity index (χ3n) is 2.46. The number of nitrogens with zero attached hydrogens (tertiary/aromatic N) is 1. The van der Waals surface area contributed by atoms with Gasteiger partial charge in [0.2, 0.25) is 0 Å². The monoisotopic (exact) mass is 309 g/mol. The van der Waals surface area contributed by atoms with Crippen molar-refractivity contribution in [2.45, 2.75) is 26.4 Å². The van der Waals surface area contributed by atoms with E-state index in [1.165, 1.54) is 12.4 Å². The smallest absolute Gasteiger partial charge is 0.325 e. The summed E-state index contributed by atoms with van der Waals surface area (Å²) in [5.41, 5.74) is 0.0144. The van der Waals surface area contributed by atoms with Crippen molar-refractivity contribution in [3.63, 3.8) is 0 Å². The molecule has 0 unspecified atom stereocenters. The highest BCUT2D eigenvalue weighted by atomic mass is 19.1. The van der Waals surface area contributed by atoms with Crippen molar-refractivity contribution >= 4 is 30.0 Å². The second-order valence-corrected chi connectivity index (χ2v) is 5.51. The van der Waals surface area contributed by atoms with Gasteiger partial charge in [0.1, 0.15) is 18.0 Å². The van der Waals surface area contributed by atoms with E-state index < -0.39 is 17.4 Å². The molecule has 0 aliphatic carbocycles. The molecule has 1 aromatic rings. The third-order valence-corrected chi connectivity index (χ3v) is 2.46. The second kappa shape index (κ2) is 7.53. The zero-order valence-electron chi connectivity index (χ0n) is 13.1. The molecule has 0 radical (unpaired) electrons. The van der Waals surface area contributed by atoms with Gasteiger partial charge in [-0.25, -0.2) is 4.39 Å². The maximum atomic E-state index is 13.9. The molecule has 0 saturated carbocycles. The summed E-state index contributed by atoms with van der Waals surface area (Å²) in [6.07, 6.45) is 1.91. The topological polar surface area (TPSA) is 79.8 Å². The van der Waals surface area contributed by atoms with Crippen LogP contribution in [0.3, 0.4) is 0 Å². The van der Waals surface area contributed by atoms with E-state index in [4.69, 9.17) is 4.74 Å². The van der Waals surface area contributed by atoms with E-state index in [9.17, 15) is 14.0 Å². The highest BCUT2D eigenvalue weighted by Gasteiger charge is 2.17. The summed E-state index contributed by atoms with van der Waals surface area (Å²) in [5.74, 6) is -1.14. The standard InChI is InChI=1S/C15H20FN3O3/c1-15(2,3)22-14(21)7-18-13-6-12(19-9-17-4)10(8-20)5-11(13)16/h5-6,8-9,18H,7H2,1-4H3,(H,17,19). The van der Waals surface area contributed by atoms with Gasteiger partial charge < -0.3 is 15.4 Å². The van der Waals surface area contributed by atoms with Crippen LogP contribution in [0.15, 0.2) is 17.1 Å². The number of carbonyl (C=O) groups is 2. The number of hydrogen-bond donors (Lipinski definition) is 2. The largest absolute Gasteiger partial charge is 0.459 e. The van der Waals surface area contributed by atoms with Crippen molar-refractivity contribution in [3.05, 3.63) is 23.5 Å². The van der Waals surface area contributed by atoms with Gasteiger partial charge in [0.05, 0.1) is 17.7 Å². The Balaban J connectivity index is 2.86. The number of carbonyl (C=O) groups excluding carboxylic acids is 2. The molecule has 0 aromatic heterocycles. The molecule has 0 atom stereocenters. The lowest BCUT2D eigenvalue weighted by atomic mass is 10.1. The van der Waals surface area contributed by atoms with Crippen LogP contribution in [0.1, 0.15) is 31.1 Å². The van der Waals surface area contributed by atoms with Crippen LogP contribution in [0.5, 0.6) is 0 Å². The zero-order valence-corrected chi connectivity index (χ0v) is 13.1. The molecule has 120 valence electrons. The molecule has 0 bridgehead atoms. The number of halogens is 1. The number of rotatable bonds is 6. The normalized spacial score (nSPS) is 11.3. The van der Waals surface area contributed by atoms with Gasteiger partial charge in [0, 0.05) is 12.6 Å². The summed E-state index contributed by atoms with van der Waals surface area (Å²) in [6, 6.07) is 2.47. The van der Waals surface area contributed by atoms with E-state index in [0.29, 0.717) is 12.0 Å². The molecule has 2 N–H and O–H groups in total. The van der Waals surface area contributed by atoms with E-state index in [-0.39, 0.29) is 17.8 Å². The summed E-state index contributed by atoms with van der Waals surface area (Å²) in [4.78, 5) is 26.3. The van der Waals surface area contributed by atoms with Crippen LogP contribution in [0, 0.1) is 5.82 Å². The number of ether oxygens (including phenoxy) is 1. The Bertz CT molecular complexity index is 580. The fourth-order valence-electron chi connectivity index (χ4n) is 1.63. The molecule has 0 amide bonds. The van der Waals surface area contributed by atoms with Gasteiger partial charge >= 0.3 is 5.97 Å². The van der Waals surface area contributed by atoms with Crippen LogP contribution >= 0.6 is 0 Å². The number of hydrogen-bond acceptors (Lipinski definition) is 5. The first-order valence-corrected chi connectivity index (χ1v) is 6.68. The summed E-state index contributed by atoms with van der Waals surface area (Å²) >= 11 is 0. The lowest BCUT2D eigenvalue weighted by molar-refractivity contribution is -0.152. The molecule has 0 spiro atoms. The van der Waals surface area contributed by atoms with Gasteiger partial charge in [-0.15, -0.1) is 0 Å². The Labute approximate surface area is 128 Å². The second-order valence-electron chi connectivity index (χ2n) is 5.51. The predicted molar refractivity (Wildman–Crippen MR) is 84.2 cm³/mol. The molecule has 22 heavy (non-hydrogen) atoms. The van der Waals surface area contributed by atoms with E-state index >= 15 is 0 Å². The minimum atomic E-state index is -0.635. The average Bonchev–Trinajstić information content (AvgIpc) is 2.42. The molecule has 0 aliphatic heterocycles. The Kier molecular flexibility index (Phi) is 6.03. The highest BCUT2D eigenvalue weighted by molar-refractivity contribution is 5.91. The predicted octanol–water partition coefficient (Wildman–Crippen LogP) is 2.46. The number of anilines is 2. The molecule has 0 fully saturated rings. The molecule has 0 aliphatic rings. The number of aliphatic imine (C=N–C) groups is 1. The van der Waals surface area contributed by atoms with Crippen molar-refractivity contribution in [1.82, 2.24) is 0 Å². The molecule has 6 nitrogen and oxygen atoms in total. The van der Waals surface area contributed by atoms with Crippen LogP contribution < -0.4 is 10.6 Å². The lowest BCUT2D eigenvalue weighted by Gasteiger charge is -2.20. The van der Waals surface area contributed by atoms with E-state index in [1.807, 2.05) is 0 Å². The molecule has 0 saturated heterocycles. The van der Waals surface area contributed by atoms with Gasteiger partial charge in [-0.1, -0.05) is 0 Å². The Morgan fingerprint density at radius 1 is 1.36 bits per heavy atom. The SMILES string of the molecule is CN=CNc1cc(NCC(=O)OC(C)(C)C)c(F)cc1C=O. The van der Waals surface area contributed by atoms with Crippen LogP contribution in [0.4, 0.5) is 15.8 Å². The maximum Gasteiger partial charge on any atom is 0.325 e. The van der Waals surface area contributed by atoms with Crippen molar-refractivity contribution in [2.24, 2.45) is 4.99 Å². The van der Waals surface area contributed by atoms with Crippen molar-refractivity contribution < 1.29 is 18.7 Å². The Morgan fingerprint density at radius 3 is 2.59 bits per heavy atom. The number of benzene rings is 1. The van der Waals surface area contributed by atoms with E-state index in [2.05, 4.69) is 15.6 Å². The molecule has 1 rings (SSSR count). The Hall–Kier alpha value is -2.44. The van der Waals surface area contributed by atoms with Crippen LogP contribution in [0.25, 0.3) is 0 Å². The van der Waals surface area contributed by atoms with Crippen LogP contribution in [-0.4, -0.2) is 37.8 Å². The van der Waals surface area contributed by atoms with Gasteiger partial charge in [0.25, 0.3) is 0 Å². The third kappa shape index (κ3) is 5.51. The Morgan fingerprint density at radius 2 is 2.05 bits per heavy atom. The summed E-state index contributed by atoms with van der Waals surface area (Å²) in [6.45, 7) is 5.05. The summed E-state index contributed by atoms with van der Waals surface area (Å²) < 4.78 is 19.0. The number of nitrogens with one attached hydrogen (secondary N) is 2. The molecular weight excluding hydrogens is 289 g/mol. The maximum absolute atomic E-state index is 13.9. The fraction of sp³-hybridized carbons (Fsp3) is 0.400. The van der Waals surface area contributed by atoms with Crippen molar-refractivity contribution in [2.75, 3.05) is 24.2 Å². The van der Waals surface area contributed by atoms with Crippen LogP contribution in [0.2, 0.25) is 0 Å². The number of aldehydes is 1. The molecule has 1 aromatic carbocycles.